The van der Waals surface area contributed by atoms with Gasteiger partial charge in [0.15, 0.2) is 0 Å². The molecule has 1 unspecified atom stereocenters. The van der Waals surface area contributed by atoms with E-state index in [1.54, 1.807) is 6.07 Å². The minimum Gasteiger partial charge on any atom is -0.396 e. The van der Waals surface area contributed by atoms with Crippen LogP contribution in [0.3, 0.4) is 0 Å². The van der Waals surface area contributed by atoms with Gasteiger partial charge in [-0.2, -0.15) is 0 Å². The van der Waals surface area contributed by atoms with E-state index in [9.17, 15) is 0 Å². The Morgan fingerprint density at radius 1 is 1.05 bits per heavy atom. The van der Waals surface area contributed by atoms with Gasteiger partial charge in [0.2, 0.25) is 0 Å². The Balaban J connectivity index is 2.27. The molecular weight excluding hydrogens is 279 g/mol. The summed E-state index contributed by atoms with van der Waals surface area (Å²) < 4.78 is 0. The molecule has 0 heterocycles. The number of hydrogen-bond acceptors (Lipinski definition) is 1. The lowest BCUT2D eigenvalue weighted by Crippen LogP contribution is -1.96. The molecule has 1 nitrogen and oxygen atoms in total. The molecule has 0 fully saturated rings. The highest BCUT2D eigenvalue weighted by Crippen LogP contribution is 2.31. The zero-order chi connectivity index (χ0) is 13.8. The minimum absolute atomic E-state index is 0.214. The molecule has 0 aliphatic rings. The van der Waals surface area contributed by atoms with Crippen LogP contribution in [0, 0.1) is 0 Å². The Bertz CT molecular complexity index is 549. The van der Waals surface area contributed by atoms with Crippen LogP contribution in [0.15, 0.2) is 42.5 Å². The van der Waals surface area contributed by atoms with E-state index in [2.05, 4.69) is 31.2 Å². The molecule has 2 aromatic rings. The van der Waals surface area contributed by atoms with Crippen molar-refractivity contribution in [1.82, 2.24) is 0 Å². The van der Waals surface area contributed by atoms with Crippen molar-refractivity contribution in [3.63, 3.8) is 0 Å². The Hall–Kier alpha value is -1.02. The molecule has 0 radical (unpaired) electrons. The van der Waals surface area contributed by atoms with Crippen LogP contribution < -0.4 is 0 Å². The summed E-state index contributed by atoms with van der Waals surface area (Å²) in [6, 6.07) is 13.8. The summed E-state index contributed by atoms with van der Waals surface area (Å²) >= 11 is 12.1. The van der Waals surface area contributed by atoms with Gasteiger partial charge in [0.05, 0.1) is 0 Å². The molecule has 0 amide bonds. The summed E-state index contributed by atoms with van der Waals surface area (Å²) in [5.74, 6) is 0.361. The van der Waals surface area contributed by atoms with Gasteiger partial charge in [-0.05, 0) is 35.6 Å². The highest BCUT2D eigenvalue weighted by atomic mass is 35.5. The molecule has 100 valence electrons. The first-order chi connectivity index (χ1) is 9.11. The molecule has 0 aliphatic carbocycles. The number of hydrogen-bond donors (Lipinski definition) is 1. The van der Waals surface area contributed by atoms with Crippen LogP contribution in [0.4, 0.5) is 0 Å². The third kappa shape index (κ3) is 3.50. The van der Waals surface area contributed by atoms with E-state index in [0.29, 0.717) is 16.0 Å². The standard InChI is InChI=1S/C16H16Cl2O/c1-11(8-9-19)12-2-4-13(5-3-12)15-7-6-14(17)10-16(15)18/h2-7,10-11,19H,8-9H2,1H3. The first-order valence-electron chi connectivity index (χ1n) is 6.28. The zero-order valence-corrected chi connectivity index (χ0v) is 12.2. The molecule has 0 bridgehead atoms. The van der Waals surface area contributed by atoms with E-state index in [-0.39, 0.29) is 6.61 Å². The van der Waals surface area contributed by atoms with E-state index in [0.717, 1.165) is 17.5 Å². The third-order valence-electron chi connectivity index (χ3n) is 3.28. The molecule has 0 aromatic heterocycles. The molecule has 0 saturated carbocycles. The van der Waals surface area contributed by atoms with Crippen LogP contribution in [0.1, 0.15) is 24.8 Å². The fraction of sp³-hybridized carbons (Fsp3) is 0.250. The van der Waals surface area contributed by atoms with Crippen LogP contribution in [0.5, 0.6) is 0 Å². The van der Waals surface area contributed by atoms with Crippen LogP contribution in [-0.2, 0) is 0 Å². The molecule has 3 heteroatoms. The lowest BCUT2D eigenvalue weighted by Gasteiger charge is -2.11. The van der Waals surface area contributed by atoms with E-state index in [1.165, 1.54) is 5.56 Å². The van der Waals surface area contributed by atoms with Gasteiger partial charge in [0.25, 0.3) is 0 Å². The number of aliphatic hydroxyl groups excluding tert-OH is 1. The topological polar surface area (TPSA) is 20.2 Å². The number of rotatable bonds is 4. The van der Waals surface area contributed by atoms with Gasteiger partial charge in [-0.25, -0.2) is 0 Å². The Morgan fingerprint density at radius 2 is 1.74 bits per heavy atom. The summed E-state index contributed by atoms with van der Waals surface area (Å²) in [5.41, 5.74) is 3.27. The molecule has 2 aromatic carbocycles. The predicted molar refractivity (Wildman–Crippen MR) is 82.0 cm³/mol. The maximum Gasteiger partial charge on any atom is 0.0499 e. The summed E-state index contributed by atoms with van der Waals surface area (Å²) in [6.07, 6.45) is 0.779. The molecule has 1 N–H and O–H groups in total. The number of benzene rings is 2. The van der Waals surface area contributed by atoms with Gasteiger partial charge in [0, 0.05) is 22.2 Å². The summed E-state index contributed by atoms with van der Waals surface area (Å²) in [5, 5.41) is 10.3. The maximum absolute atomic E-state index is 8.96. The minimum atomic E-state index is 0.214. The average Bonchev–Trinajstić information content (AvgIpc) is 2.39. The second kappa shape index (κ2) is 6.42. The van der Waals surface area contributed by atoms with E-state index in [1.807, 2.05) is 12.1 Å². The van der Waals surface area contributed by atoms with Crippen molar-refractivity contribution in [3.8, 4) is 11.1 Å². The molecule has 1 atom stereocenters. The van der Waals surface area contributed by atoms with Crippen molar-refractivity contribution in [2.24, 2.45) is 0 Å². The fourth-order valence-corrected chi connectivity index (χ4v) is 2.59. The maximum atomic E-state index is 8.96. The Labute approximate surface area is 123 Å². The van der Waals surface area contributed by atoms with Gasteiger partial charge in [-0.3, -0.25) is 0 Å². The van der Waals surface area contributed by atoms with Gasteiger partial charge >= 0.3 is 0 Å². The first-order valence-corrected chi connectivity index (χ1v) is 7.03. The summed E-state index contributed by atoms with van der Waals surface area (Å²) in [7, 11) is 0. The van der Waals surface area contributed by atoms with Crippen molar-refractivity contribution in [2.75, 3.05) is 6.61 Å². The summed E-state index contributed by atoms with van der Waals surface area (Å²) in [6.45, 7) is 2.33. The lowest BCUT2D eigenvalue weighted by atomic mass is 9.95. The number of aliphatic hydroxyl groups is 1. The summed E-state index contributed by atoms with van der Waals surface area (Å²) in [4.78, 5) is 0. The normalized spacial score (nSPS) is 12.4. The molecular formula is C16H16Cl2O. The first kappa shape index (κ1) is 14.4. The Morgan fingerprint density at radius 3 is 2.32 bits per heavy atom. The average molecular weight is 295 g/mol. The molecule has 0 aliphatic heterocycles. The van der Waals surface area contributed by atoms with Crippen molar-refractivity contribution in [1.29, 1.82) is 0 Å². The van der Waals surface area contributed by atoms with E-state index in [4.69, 9.17) is 28.3 Å². The monoisotopic (exact) mass is 294 g/mol. The largest absolute Gasteiger partial charge is 0.396 e. The molecule has 2 rings (SSSR count). The Kier molecular flexibility index (Phi) is 4.87. The van der Waals surface area contributed by atoms with Crippen molar-refractivity contribution >= 4 is 23.2 Å². The highest BCUT2D eigenvalue weighted by molar-refractivity contribution is 6.36. The number of halogens is 2. The van der Waals surface area contributed by atoms with Crippen molar-refractivity contribution in [2.45, 2.75) is 19.3 Å². The van der Waals surface area contributed by atoms with Gasteiger partial charge in [-0.15, -0.1) is 0 Å². The predicted octanol–water partition coefficient (Wildman–Crippen LogP) is 5.15. The highest BCUT2D eigenvalue weighted by Gasteiger charge is 2.07. The smallest absolute Gasteiger partial charge is 0.0499 e. The van der Waals surface area contributed by atoms with Crippen molar-refractivity contribution < 1.29 is 5.11 Å². The van der Waals surface area contributed by atoms with Gasteiger partial charge in [-0.1, -0.05) is 60.5 Å². The van der Waals surface area contributed by atoms with Crippen LogP contribution in [0.25, 0.3) is 11.1 Å². The second-order valence-corrected chi connectivity index (χ2v) is 5.50. The molecule has 0 spiro atoms. The molecule has 19 heavy (non-hydrogen) atoms. The quantitative estimate of drug-likeness (QED) is 0.827. The van der Waals surface area contributed by atoms with Crippen molar-refractivity contribution in [3.05, 3.63) is 58.1 Å². The fourth-order valence-electron chi connectivity index (χ4n) is 2.08. The lowest BCUT2D eigenvalue weighted by molar-refractivity contribution is 0.278. The van der Waals surface area contributed by atoms with Gasteiger partial charge in [0.1, 0.15) is 0 Å². The third-order valence-corrected chi connectivity index (χ3v) is 3.83. The van der Waals surface area contributed by atoms with Crippen LogP contribution >= 0.6 is 23.2 Å². The van der Waals surface area contributed by atoms with Crippen LogP contribution in [0.2, 0.25) is 10.0 Å². The van der Waals surface area contributed by atoms with E-state index < -0.39 is 0 Å². The SMILES string of the molecule is CC(CCO)c1ccc(-c2ccc(Cl)cc2Cl)cc1. The molecule has 0 saturated heterocycles. The van der Waals surface area contributed by atoms with Crippen LogP contribution in [-0.4, -0.2) is 11.7 Å². The zero-order valence-electron chi connectivity index (χ0n) is 10.7. The van der Waals surface area contributed by atoms with Gasteiger partial charge < -0.3 is 5.11 Å². The second-order valence-electron chi connectivity index (χ2n) is 4.66. The van der Waals surface area contributed by atoms with E-state index >= 15 is 0 Å².